The highest BCUT2D eigenvalue weighted by Gasteiger charge is 2.46. The Labute approximate surface area is 123 Å². The van der Waals surface area contributed by atoms with Gasteiger partial charge >= 0.3 is 0 Å². The molecule has 0 aromatic heterocycles. The molecule has 0 saturated heterocycles. The van der Waals surface area contributed by atoms with Crippen molar-refractivity contribution >= 4 is 8.32 Å². The van der Waals surface area contributed by atoms with Crippen LogP contribution in [0.25, 0.3) is 0 Å². The van der Waals surface area contributed by atoms with Gasteiger partial charge in [-0.2, -0.15) is 0 Å². The molecule has 0 spiro atoms. The quantitative estimate of drug-likeness (QED) is 0.741. The summed E-state index contributed by atoms with van der Waals surface area (Å²) in [7, 11) is -1.96. The summed E-state index contributed by atoms with van der Waals surface area (Å²) in [6, 6.07) is 0. The van der Waals surface area contributed by atoms with Gasteiger partial charge in [-0.3, -0.25) is 0 Å². The van der Waals surface area contributed by atoms with Gasteiger partial charge in [-0.1, -0.05) is 41.5 Å². The highest BCUT2D eigenvalue weighted by molar-refractivity contribution is 6.77. The van der Waals surface area contributed by atoms with Gasteiger partial charge in [0.15, 0.2) is 0 Å². The molecule has 118 valence electrons. The molecule has 1 aliphatic heterocycles. The van der Waals surface area contributed by atoms with Gasteiger partial charge in [-0.05, 0) is 22.7 Å². The minimum atomic E-state index is -1.96. The third-order valence-electron chi connectivity index (χ3n) is 4.46. The summed E-state index contributed by atoms with van der Waals surface area (Å²) >= 11 is 0. The van der Waals surface area contributed by atoms with Crippen molar-refractivity contribution < 1.29 is 19.4 Å². The molecule has 0 aliphatic carbocycles. The second kappa shape index (κ2) is 7.07. The maximum atomic E-state index is 9.96. The van der Waals surface area contributed by atoms with Gasteiger partial charge in [0.1, 0.15) is 18.3 Å². The van der Waals surface area contributed by atoms with E-state index in [0.717, 1.165) is 0 Å². The van der Waals surface area contributed by atoms with Crippen molar-refractivity contribution in [2.75, 3.05) is 6.61 Å². The van der Waals surface area contributed by atoms with E-state index in [2.05, 4.69) is 41.5 Å². The summed E-state index contributed by atoms with van der Waals surface area (Å²) in [5, 5.41) is 19.6. The van der Waals surface area contributed by atoms with Gasteiger partial charge in [0, 0.05) is 0 Å². The molecule has 20 heavy (non-hydrogen) atoms. The summed E-state index contributed by atoms with van der Waals surface area (Å²) in [6.45, 7) is 13.7. The lowest BCUT2D eigenvalue weighted by molar-refractivity contribution is -0.0792. The lowest BCUT2D eigenvalue weighted by atomic mass is 10.1. The van der Waals surface area contributed by atoms with Gasteiger partial charge in [-0.25, -0.2) is 0 Å². The van der Waals surface area contributed by atoms with Crippen molar-refractivity contribution in [3.05, 3.63) is 12.3 Å². The zero-order valence-electron chi connectivity index (χ0n) is 13.5. The lowest BCUT2D eigenvalue weighted by Gasteiger charge is -2.43. The van der Waals surface area contributed by atoms with Crippen molar-refractivity contribution in [3.63, 3.8) is 0 Å². The third kappa shape index (κ3) is 3.45. The van der Waals surface area contributed by atoms with E-state index in [4.69, 9.17) is 9.16 Å². The molecule has 0 aromatic carbocycles. The zero-order chi connectivity index (χ0) is 15.5. The highest BCUT2D eigenvalue weighted by Crippen LogP contribution is 2.42. The molecule has 0 saturated carbocycles. The molecule has 0 radical (unpaired) electrons. The number of aliphatic hydroxyl groups is 2. The smallest absolute Gasteiger partial charge is 0.200 e. The van der Waals surface area contributed by atoms with Crippen molar-refractivity contribution in [2.24, 2.45) is 0 Å². The molecule has 1 aliphatic rings. The largest absolute Gasteiger partial charge is 0.493 e. The molecule has 3 atom stereocenters. The van der Waals surface area contributed by atoms with E-state index in [1.165, 1.54) is 12.3 Å². The molecule has 4 nitrogen and oxygen atoms in total. The van der Waals surface area contributed by atoms with Gasteiger partial charge in [-0.15, -0.1) is 0 Å². The van der Waals surface area contributed by atoms with E-state index in [-0.39, 0.29) is 0 Å². The topological polar surface area (TPSA) is 58.9 Å². The van der Waals surface area contributed by atoms with Crippen molar-refractivity contribution in [3.8, 4) is 0 Å². The second-order valence-corrected chi connectivity index (χ2v) is 12.1. The van der Waals surface area contributed by atoms with Crippen LogP contribution in [0.1, 0.15) is 41.5 Å². The molecule has 0 bridgehead atoms. The second-order valence-electron chi connectivity index (χ2n) is 6.61. The Balaban J connectivity index is 2.79. The maximum Gasteiger partial charge on any atom is 0.200 e. The normalized spacial score (nSPS) is 27.4. The number of ether oxygens (including phenoxy) is 1. The maximum absolute atomic E-state index is 9.96. The highest BCUT2D eigenvalue weighted by atomic mass is 28.4. The van der Waals surface area contributed by atoms with Gasteiger partial charge < -0.3 is 19.4 Å². The van der Waals surface area contributed by atoms with Crippen LogP contribution in [-0.2, 0) is 9.16 Å². The van der Waals surface area contributed by atoms with Gasteiger partial charge in [0.2, 0.25) is 8.32 Å². The van der Waals surface area contributed by atoms with Crippen molar-refractivity contribution in [1.82, 2.24) is 0 Å². The van der Waals surface area contributed by atoms with Gasteiger partial charge in [0.05, 0.1) is 12.9 Å². The van der Waals surface area contributed by atoms with Crippen LogP contribution >= 0.6 is 0 Å². The Hall–Kier alpha value is -0.363. The van der Waals surface area contributed by atoms with Crippen molar-refractivity contribution in [1.29, 1.82) is 0 Å². The Kier molecular flexibility index (Phi) is 6.25. The molecule has 1 rings (SSSR count). The molecule has 1 heterocycles. The molecule has 0 aromatic rings. The van der Waals surface area contributed by atoms with Crippen LogP contribution in [0.4, 0.5) is 0 Å². The van der Waals surface area contributed by atoms with Crippen LogP contribution in [0, 0.1) is 0 Å². The average molecular weight is 302 g/mol. The van der Waals surface area contributed by atoms with E-state index in [1.54, 1.807) is 0 Å². The van der Waals surface area contributed by atoms with Gasteiger partial charge in [0.25, 0.3) is 0 Å². The molecule has 0 fully saturated rings. The van der Waals surface area contributed by atoms with E-state index in [1.807, 2.05) is 0 Å². The summed E-state index contributed by atoms with van der Waals surface area (Å²) in [6.07, 6.45) is 0.635. The van der Waals surface area contributed by atoms with Crippen LogP contribution in [0.5, 0.6) is 0 Å². The van der Waals surface area contributed by atoms with Crippen LogP contribution in [0.15, 0.2) is 12.3 Å². The predicted octanol–water partition coefficient (Wildman–Crippen LogP) is 2.81. The molecule has 0 amide bonds. The van der Waals surface area contributed by atoms with Crippen LogP contribution in [0.3, 0.4) is 0 Å². The zero-order valence-corrected chi connectivity index (χ0v) is 14.5. The standard InChI is InChI=1S/C15H30O4Si/c1-10(2)20(11(3)4,12(5)6)19-9-14-15(17)13(16)7-8-18-14/h7-8,10-17H,9H2,1-6H3/t13-,14-,15-/m1/s1. The Morgan fingerprint density at radius 3 is 2.00 bits per heavy atom. The fourth-order valence-corrected chi connectivity index (χ4v) is 8.96. The first-order valence-electron chi connectivity index (χ1n) is 7.55. The number of rotatable bonds is 6. The monoisotopic (exact) mass is 302 g/mol. The van der Waals surface area contributed by atoms with Crippen molar-refractivity contribution in [2.45, 2.75) is 76.5 Å². The minimum absolute atomic E-state index is 0.337. The van der Waals surface area contributed by atoms with E-state index in [9.17, 15) is 10.2 Å². The Morgan fingerprint density at radius 1 is 1.05 bits per heavy atom. The summed E-state index contributed by atoms with van der Waals surface area (Å²) in [4.78, 5) is 0. The molecular formula is C15H30O4Si. The molecule has 5 heteroatoms. The first kappa shape index (κ1) is 17.7. The minimum Gasteiger partial charge on any atom is -0.493 e. The molecular weight excluding hydrogens is 272 g/mol. The first-order chi connectivity index (χ1) is 9.23. The SMILES string of the molecule is CC(C)[Si](OC[C@H]1OC=C[C@@H](O)[C@H]1O)(C(C)C)C(C)C. The predicted molar refractivity (Wildman–Crippen MR) is 83.0 cm³/mol. The van der Waals surface area contributed by atoms with Crippen LogP contribution in [0.2, 0.25) is 16.6 Å². The number of hydrogen-bond acceptors (Lipinski definition) is 4. The number of hydrogen-bond donors (Lipinski definition) is 2. The van der Waals surface area contributed by atoms with E-state index in [0.29, 0.717) is 23.2 Å². The Bertz CT molecular complexity index is 306. The fourth-order valence-electron chi connectivity index (χ4n) is 3.51. The molecule has 0 unspecified atom stereocenters. The lowest BCUT2D eigenvalue weighted by Crippen LogP contribution is -2.51. The summed E-state index contributed by atoms with van der Waals surface area (Å²) in [5.74, 6) is 0. The van der Waals surface area contributed by atoms with Crippen LogP contribution < -0.4 is 0 Å². The van der Waals surface area contributed by atoms with E-state index >= 15 is 0 Å². The first-order valence-corrected chi connectivity index (χ1v) is 9.69. The Morgan fingerprint density at radius 2 is 1.55 bits per heavy atom. The summed E-state index contributed by atoms with van der Waals surface area (Å²) < 4.78 is 11.8. The third-order valence-corrected chi connectivity index (χ3v) is 10.5. The average Bonchev–Trinajstić information content (AvgIpc) is 2.33. The molecule has 2 N–H and O–H groups in total. The summed E-state index contributed by atoms with van der Waals surface area (Å²) in [5.41, 5.74) is 1.47. The van der Waals surface area contributed by atoms with Crippen LogP contribution in [-0.4, -0.2) is 43.4 Å². The van der Waals surface area contributed by atoms with E-state index < -0.39 is 26.6 Å². The number of aliphatic hydroxyl groups excluding tert-OH is 2. The fraction of sp³-hybridized carbons (Fsp3) is 0.867.